The Labute approximate surface area is 151 Å². The molecule has 1 aromatic rings. The van der Waals surface area contributed by atoms with E-state index < -0.39 is 15.8 Å². The Morgan fingerprint density at radius 2 is 1.73 bits per heavy atom. The number of carbonyl (C=O) groups excluding carboxylic acids is 3. The highest BCUT2D eigenvalue weighted by atomic mass is 32.2. The summed E-state index contributed by atoms with van der Waals surface area (Å²) in [5.74, 6) is -1.04. The zero-order chi connectivity index (χ0) is 18.9. The van der Waals surface area contributed by atoms with E-state index in [1.165, 1.54) is 11.8 Å². The topological polar surface area (TPSA) is 113 Å². The van der Waals surface area contributed by atoms with Gasteiger partial charge in [0.05, 0.1) is 17.4 Å². The Morgan fingerprint density at radius 3 is 2.27 bits per heavy atom. The van der Waals surface area contributed by atoms with Crippen LogP contribution in [0.3, 0.4) is 0 Å². The molecule has 2 aliphatic rings. The number of rotatable bonds is 4. The number of carbonyl (C=O) groups is 3. The van der Waals surface area contributed by atoms with E-state index in [4.69, 9.17) is 0 Å². The zero-order valence-corrected chi connectivity index (χ0v) is 15.2. The maximum atomic E-state index is 12.4. The van der Waals surface area contributed by atoms with Crippen molar-refractivity contribution >= 4 is 38.9 Å². The molecule has 2 aliphatic heterocycles. The molecule has 0 saturated carbocycles. The van der Waals surface area contributed by atoms with Crippen LogP contribution in [-0.2, 0) is 24.2 Å². The van der Waals surface area contributed by atoms with Gasteiger partial charge in [0, 0.05) is 37.3 Å². The van der Waals surface area contributed by atoms with Crippen molar-refractivity contribution in [3.8, 4) is 0 Å². The summed E-state index contributed by atoms with van der Waals surface area (Å²) >= 11 is 0. The van der Waals surface area contributed by atoms with Crippen LogP contribution in [-0.4, -0.2) is 55.1 Å². The SMILES string of the molecule is CC(=O)Nc1ccc(NC(=O)[C@H]2CC(=O)N([C@@H]3CCS(=O)(=O)C3)C2)cc1. The minimum Gasteiger partial charge on any atom is -0.338 e. The van der Waals surface area contributed by atoms with Crippen molar-refractivity contribution in [3.63, 3.8) is 0 Å². The standard InChI is InChI=1S/C17H21N3O5S/c1-11(21)18-13-2-4-14(5-3-13)19-17(23)12-8-16(22)20(9-12)15-6-7-26(24,25)10-15/h2-5,12,15H,6-10H2,1H3,(H,18,21)(H,19,23)/t12-,15+/m0/s1. The summed E-state index contributed by atoms with van der Waals surface area (Å²) < 4.78 is 23.2. The molecule has 2 N–H and O–H groups in total. The Kier molecular flexibility index (Phi) is 4.99. The lowest BCUT2D eigenvalue weighted by molar-refractivity contribution is -0.129. The van der Waals surface area contributed by atoms with Gasteiger partial charge >= 0.3 is 0 Å². The van der Waals surface area contributed by atoms with Gasteiger partial charge < -0.3 is 15.5 Å². The molecule has 1 aromatic carbocycles. The van der Waals surface area contributed by atoms with E-state index >= 15 is 0 Å². The second-order valence-electron chi connectivity index (χ2n) is 6.75. The van der Waals surface area contributed by atoms with Crippen LogP contribution in [0.25, 0.3) is 0 Å². The Morgan fingerprint density at radius 1 is 1.12 bits per heavy atom. The molecule has 0 spiro atoms. The van der Waals surface area contributed by atoms with Gasteiger partial charge in [-0.05, 0) is 30.7 Å². The van der Waals surface area contributed by atoms with E-state index in [0.717, 1.165) is 0 Å². The monoisotopic (exact) mass is 379 g/mol. The molecule has 0 bridgehead atoms. The summed E-state index contributed by atoms with van der Waals surface area (Å²) in [6, 6.07) is 6.36. The normalized spacial score (nSPS) is 24.5. The lowest BCUT2D eigenvalue weighted by Gasteiger charge is -2.22. The molecule has 9 heteroatoms. The van der Waals surface area contributed by atoms with Crippen LogP contribution in [0.15, 0.2) is 24.3 Å². The summed E-state index contributed by atoms with van der Waals surface area (Å²) in [6.45, 7) is 1.66. The predicted molar refractivity (Wildman–Crippen MR) is 96.3 cm³/mol. The maximum Gasteiger partial charge on any atom is 0.229 e. The first-order valence-electron chi connectivity index (χ1n) is 8.42. The summed E-state index contributed by atoms with van der Waals surface area (Å²) in [4.78, 5) is 37.2. The van der Waals surface area contributed by atoms with Crippen LogP contribution < -0.4 is 10.6 Å². The summed E-state index contributed by atoms with van der Waals surface area (Å²) in [5, 5.41) is 5.40. The molecule has 3 rings (SSSR count). The highest BCUT2D eigenvalue weighted by Crippen LogP contribution is 2.27. The molecule has 2 fully saturated rings. The molecule has 2 atom stereocenters. The fraction of sp³-hybridized carbons (Fsp3) is 0.471. The van der Waals surface area contributed by atoms with Crippen LogP contribution in [0.1, 0.15) is 19.8 Å². The van der Waals surface area contributed by atoms with E-state index in [1.807, 2.05) is 0 Å². The lowest BCUT2D eigenvalue weighted by Crippen LogP contribution is -2.38. The van der Waals surface area contributed by atoms with Crippen molar-refractivity contribution in [2.24, 2.45) is 5.92 Å². The molecule has 3 amide bonds. The Hall–Kier alpha value is -2.42. The van der Waals surface area contributed by atoms with Crippen LogP contribution in [0.2, 0.25) is 0 Å². The number of likely N-dealkylation sites (tertiary alicyclic amines) is 1. The first kappa shape index (κ1) is 18.4. The van der Waals surface area contributed by atoms with E-state index in [9.17, 15) is 22.8 Å². The average Bonchev–Trinajstić information content (AvgIpc) is 3.11. The molecule has 0 aliphatic carbocycles. The molecule has 26 heavy (non-hydrogen) atoms. The van der Waals surface area contributed by atoms with Crippen molar-refractivity contribution in [1.82, 2.24) is 4.90 Å². The summed E-state index contributed by atoms with van der Waals surface area (Å²) in [7, 11) is -3.08. The number of hydrogen-bond acceptors (Lipinski definition) is 5. The fourth-order valence-electron chi connectivity index (χ4n) is 3.37. The molecule has 2 saturated heterocycles. The van der Waals surface area contributed by atoms with E-state index in [-0.39, 0.29) is 48.2 Å². The van der Waals surface area contributed by atoms with Gasteiger partial charge in [0.15, 0.2) is 9.84 Å². The quantitative estimate of drug-likeness (QED) is 0.796. The molecular weight excluding hydrogens is 358 g/mol. The molecule has 8 nitrogen and oxygen atoms in total. The minimum absolute atomic E-state index is 0.0162. The number of benzene rings is 1. The molecular formula is C17H21N3O5S. The number of hydrogen-bond donors (Lipinski definition) is 2. The number of nitrogens with zero attached hydrogens (tertiary/aromatic N) is 1. The van der Waals surface area contributed by atoms with Crippen molar-refractivity contribution in [2.75, 3.05) is 28.7 Å². The second kappa shape index (κ2) is 7.06. The first-order chi connectivity index (χ1) is 12.2. The van der Waals surface area contributed by atoms with Crippen LogP contribution >= 0.6 is 0 Å². The van der Waals surface area contributed by atoms with Gasteiger partial charge in [-0.25, -0.2) is 8.42 Å². The van der Waals surface area contributed by atoms with E-state index in [0.29, 0.717) is 17.8 Å². The van der Waals surface area contributed by atoms with Gasteiger partial charge in [-0.3, -0.25) is 14.4 Å². The Bertz CT molecular complexity index is 834. The smallest absolute Gasteiger partial charge is 0.229 e. The van der Waals surface area contributed by atoms with Gasteiger partial charge in [0.2, 0.25) is 17.7 Å². The summed E-state index contributed by atoms with van der Waals surface area (Å²) in [6.07, 6.45) is 0.527. The third-order valence-electron chi connectivity index (χ3n) is 4.65. The fourth-order valence-corrected chi connectivity index (χ4v) is 5.10. The third-order valence-corrected chi connectivity index (χ3v) is 6.40. The van der Waals surface area contributed by atoms with Gasteiger partial charge in [-0.2, -0.15) is 0 Å². The zero-order valence-electron chi connectivity index (χ0n) is 14.4. The molecule has 0 unspecified atom stereocenters. The minimum atomic E-state index is -3.08. The predicted octanol–water partition coefficient (Wildman–Crippen LogP) is 0.619. The largest absolute Gasteiger partial charge is 0.338 e. The average molecular weight is 379 g/mol. The van der Waals surface area contributed by atoms with Gasteiger partial charge in [0.1, 0.15) is 0 Å². The molecule has 140 valence electrons. The lowest BCUT2D eigenvalue weighted by atomic mass is 10.1. The van der Waals surface area contributed by atoms with Crippen molar-refractivity contribution in [1.29, 1.82) is 0 Å². The first-order valence-corrected chi connectivity index (χ1v) is 10.2. The van der Waals surface area contributed by atoms with Gasteiger partial charge in [-0.1, -0.05) is 0 Å². The second-order valence-corrected chi connectivity index (χ2v) is 8.98. The van der Waals surface area contributed by atoms with Crippen molar-refractivity contribution in [2.45, 2.75) is 25.8 Å². The van der Waals surface area contributed by atoms with Crippen LogP contribution in [0.4, 0.5) is 11.4 Å². The number of sulfone groups is 1. The van der Waals surface area contributed by atoms with Gasteiger partial charge in [-0.15, -0.1) is 0 Å². The molecule has 2 heterocycles. The van der Waals surface area contributed by atoms with Crippen molar-refractivity contribution in [3.05, 3.63) is 24.3 Å². The number of anilines is 2. The number of nitrogens with one attached hydrogen (secondary N) is 2. The van der Waals surface area contributed by atoms with E-state index in [1.54, 1.807) is 24.3 Å². The van der Waals surface area contributed by atoms with Crippen LogP contribution in [0, 0.1) is 5.92 Å². The Balaban J connectivity index is 1.59. The molecule has 0 aromatic heterocycles. The van der Waals surface area contributed by atoms with Crippen molar-refractivity contribution < 1.29 is 22.8 Å². The van der Waals surface area contributed by atoms with Gasteiger partial charge in [0.25, 0.3) is 0 Å². The summed E-state index contributed by atoms with van der Waals surface area (Å²) in [5.41, 5.74) is 1.19. The molecule has 0 radical (unpaired) electrons. The highest BCUT2D eigenvalue weighted by Gasteiger charge is 2.41. The highest BCUT2D eigenvalue weighted by molar-refractivity contribution is 7.91. The maximum absolute atomic E-state index is 12.4. The van der Waals surface area contributed by atoms with E-state index in [2.05, 4.69) is 10.6 Å². The van der Waals surface area contributed by atoms with Crippen LogP contribution in [0.5, 0.6) is 0 Å². The third kappa shape index (κ3) is 4.21. The number of amides is 3.